The van der Waals surface area contributed by atoms with Gasteiger partial charge in [0.1, 0.15) is 12.2 Å². The van der Waals surface area contributed by atoms with Gasteiger partial charge in [-0.05, 0) is 12.8 Å². The summed E-state index contributed by atoms with van der Waals surface area (Å²) in [6.45, 7) is 3.34. The minimum atomic E-state index is -3.19. The molecule has 0 bridgehead atoms. The van der Waals surface area contributed by atoms with Gasteiger partial charge < -0.3 is 10.2 Å². The highest BCUT2D eigenvalue weighted by Crippen LogP contribution is 2.24. The lowest BCUT2D eigenvalue weighted by molar-refractivity contribution is 0.299. The van der Waals surface area contributed by atoms with Gasteiger partial charge in [0, 0.05) is 57.2 Å². The zero-order chi connectivity index (χ0) is 18.4. The van der Waals surface area contributed by atoms with Crippen molar-refractivity contribution in [1.82, 2.24) is 29.7 Å². The third-order valence-electron chi connectivity index (χ3n) is 4.83. The number of thioether (sulfide) groups is 1. The van der Waals surface area contributed by atoms with Crippen molar-refractivity contribution < 1.29 is 8.42 Å². The Balaban J connectivity index is 1.45. The van der Waals surface area contributed by atoms with Gasteiger partial charge in [0.2, 0.25) is 10.0 Å². The average molecular weight is 402 g/mol. The van der Waals surface area contributed by atoms with Crippen LogP contribution in [-0.4, -0.2) is 95.8 Å². The minimum absolute atomic E-state index is 0.102. The predicted molar refractivity (Wildman–Crippen MR) is 104 cm³/mol. The van der Waals surface area contributed by atoms with Crippen molar-refractivity contribution in [2.45, 2.75) is 18.8 Å². The Morgan fingerprint density at radius 1 is 1.35 bits per heavy atom. The SMILES string of the molecule is CN=C(NCCS(=O)(=O)N1CCSCC1)N1CCC(c2ncn[nH]2)CC1. The Labute approximate surface area is 159 Å². The van der Waals surface area contributed by atoms with Gasteiger partial charge in [0.15, 0.2) is 5.96 Å². The van der Waals surface area contributed by atoms with Crippen LogP contribution < -0.4 is 5.32 Å². The zero-order valence-corrected chi connectivity index (χ0v) is 16.7. The van der Waals surface area contributed by atoms with Crippen molar-refractivity contribution in [2.24, 2.45) is 4.99 Å². The number of nitrogens with zero attached hydrogens (tertiary/aromatic N) is 5. The lowest BCUT2D eigenvalue weighted by atomic mass is 9.96. The molecule has 3 rings (SSSR count). The number of aliphatic imine (C=N–C) groups is 1. The number of rotatable bonds is 5. The molecule has 0 unspecified atom stereocenters. The number of nitrogens with one attached hydrogen (secondary N) is 2. The van der Waals surface area contributed by atoms with Gasteiger partial charge in [-0.2, -0.15) is 16.9 Å². The summed E-state index contributed by atoms with van der Waals surface area (Å²) in [6.07, 6.45) is 3.49. The van der Waals surface area contributed by atoms with Crippen LogP contribution in [-0.2, 0) is 10.0 Å². The zero-order valence-electron chi connectivity index (χ0n) is 15.1. The van der Waals surface area contributed by atoms with Crippen molar-refractivity contribution in [3.63, 3.8) is 0 Å². The maximum Gasteiger partial charge on any atom is 0.215 e. The van der Waals surface area contributed by atoms with Crippen LogP contribution >= 0.6 is 11.8 Å². The molecule has 0 saturated carbocycles. The van der Waals surface area contributed by atoms with Crippen LogP contribution in [0.15, 0.2) is 11.3 Å². The molecule has 146 valence electrons. The Morgan fingerprint density at radius 3 is 2.69 bits per heavy atom. The lowest BCUT2D eigenvalue weighted by Gasteiger charge is -2.33. The summed E-state index contributed by atoms with van der Waals surface area (Å²) >= 11 is 1.81. The van der Waals surface area contributed by atoms with E-state index >= 15 is 0 Å². The van der Waals surface area contributed by atoms with E-state index in [0.29, 0.717) is 25.6 Å². The molecule has 9 nitrogen and oxygen atoms in total. The first-order valence-corrected chi connectivity index (χ1v) is 11.7. The normalized spacial score (nSPS) is 21.1. The number of likely N-dealkylation sites (tertiary alicyclic amines) is 1. The Kier molecular flexibility index (Phi) is 6.76. The molecule has 11 heteroatoms. The first kappa shape index (κ1) is 19.4. The third-order valence-corrected chi connectivity index (χ3v) is 7.65. The van der Waals surface area contributed by atoms with Crippen LogP contribution in [0.1, 0.15) is 24.6 Å². The van der Waals surface area contributed by atoms with Gasteiger partial charge in [-0.1, -0.05) is 0 Å². The van der Waals surface area contributed by atoms with E-state index in [4.69, 9.17) is 0 Å². The third kappa shape index (κ3) is 4.89. The molecule has 2 aliphatic rings. The average Bonchev–Trinajstić information content (AvgIpc) is 3.21. The van der Waals surface area contributed by atoms with E-state index in [2.05, 4.69) is 30.4 Å². The van der Waals surface area contributed by atoms with E-state index in [0.717, 1.165) is 49.2 Å². The first-order valence-electron chi connectivity index (χ1n) is 8.96. The topological polar surface area (TPSA) is 107 Å². The fourth-order valence-electron chi connectivity index (χ4n) is 3.35. The summed E-state index contributed by atoms with van der Waals surface area (Å²) in [6, 6.07) is 0. The first-order chi connectivity index (χ1) is 12.6. The maximum atomic E-state index is 12.4. The summed E-state index contributed by atoms with van der Waals surface area (Å²) in [5.41, 5.74) is 0. The molecule has 2 fully saturated rings. The largest absolute Gasteiger partial charge is 0.355 e. The molecule has 0 radical (unpaired) electrons. The second kappa shape index (κ2) is 9.05. The molecular weight excluding hydrogens is 374 g/mol. The fraction of sp³-hybridized carbons (Fsp3) is 0.800. The number of hydrogen-bond donors (Lipinski definition) is 2. The highest BCUT2D eigenvalue weighted by Gasteiger charge is 2.26. The molecule has 1 aromatic rings. The summed E-state index contributed by atoms with van der Waals surface area (Å²) < 4.78 is 26.4. The van der Waals surface area contributed by atoms with Crippen LogP contribution in [0, 0.1) is 0 Å². The molecule has 2 aliphatic heterocycles. The molecular formula is C15H27N7O2S2. The Hall–Kier alpha value is -1.33. The van der Waals surface area contributed by atoms with Crippen molar-refractivity contribution in [1.29, 1.82) is 0 Å². The smallest absolute Gasteiger partial charge is 0.215 e. The summed E-state index contributed by atoms with van der Waals surface area (Å²) in [5.74, 6) is 3.97. The van der Waals surface area contributed by atoms with Gasteiger partial charge in [-0.3, -0.25) is 10.1 Å². The van der Waals surface area contributed by atoms with Crippen LogP contribution in [0.25, 0.3) is 0 Å². The van der Waals surface area contributed by atoms with Crippen LogP contribution in [0.4, 0.5) is 0 Å². The highest BCUT2D eigenvalue weighted by atomic mass is 32.2. The van der Waals surface area contributed by atoms with Gasteiger partial charge in [0.05, 0.1) is 5.75 Å². The fourth-order valence-corrected chi connectivity index (χ4v) is 5.85. The Morgan fingerprint density at radius 2 is 2.08 bits per heavy atom. The molecule has 0 aliphatic carbocycles. The van der Waals surface area contributed by atoms with Crippen LogP contribution in [0.3, 0.4) is 0 Å². The van der Waals surface area contributed by atoms with Crippen molar-refractivity contribution in [3.8, 4) is 0 Å². The molecule has 1 aromatic heterocycles. The maximum absolute atomic E-state index is 12.4. The van der Waals surface area contributed by atoms with Gasteiger partial charge in [-0.15, -0.1) is 0 Å². The van der Waals surface area contributed by atoms with E-state index in [1.165, 1.54) is 0 Å². The lowest BCUT2D eigenvalue weighted by Crippen LogP contribution is -2.47. The monoisotopic (exact) mass is 401 g/mol. The van der Waals surface area contributed by atoms with Crippen LogP contribution in [0.2, 0.25) is 0 Å². The molecule has 26 heavy (non-hydrogen) atoms. The van der Waals surface area contributed by atoms with E-state index < -0.39 is 10.0 Å². The van der Waals surface area contributed by atoms with Gasteiger partial charge in [0.25, 0.3) is 0 Å². The van der Waals surface area contributed by atoms with Crippen LogP contribution in [0.5, 0.6) is 0 Å². The van der Waals surface area contributed by atoms with Gasteiger partial charge in [-0.25, -0.2) is 17.7 Å². The van der Waals surface area contributed by atoms with Crippen molar-refractivity contribution in [3.05, 3.63) is 12.2 Å². The van der Waals surface area contributed by atoms with E-state index in [9.17, 15) is 8.42 Å². The molecule has 2 N–H and O–H groups in total. The second-order valence-corrected chi connectivity index (χ2v) is 9.75. The number of H-pyrrole nitrogens is 1. The molecule has 0 spiro atoms. The predicted octanol–water partition coefficient (Wildman–Crippen LogP) is -0.0619. The second-order valence-electron chi connectivity index (χ2n) is 6.43. The van der Waals surface area contributed by atoms with Gasteiger partial charge >= 0.3 is 0 Å². The summed E-state index contributed by atoms with van der Waals surface area (Å²) in [5, 5.41) is 10.1. The minimum Gasteiger partial charge on any atom is -0.355 e. The molecule has 0 aromatic carbocycles. The van der Waals surface area contributed by atoms with Crippen molar-refractivity contribution in [2.75, 3.05) is 57.0 Å². The number of hydrogen-bond acceptors (Lipinski definition) is 6. The summed E-state index contributed by atoms with van der Waals surface area (Å²) in [7, 11) is -1.45. The quantitative estimate of drug-likeness (QED) is 0.526. The standard InChI is InChI=1S/C15H27N7O2S2/c1-16-15(17-4-11-26(23,24)22-7-9-25-10-8-22)21-5-2-13(3-6-21)14-18-12-19-20-14/h12-13H,2-11H2,1H3,(H,16,17)(H,18,19,20). The highest BCUT2D eigenvalue weighted by molar-refractivity contribution is 7.99. The number of piperidine rings is 1. The van der Waals surface area contributed by atoms with E-state index in [-0.39, 0.29) is 5.75 Å². The molecule has 0 atom stereocenters. The molecule has 2 saturated heterocycles. The number of guanidine groups is 1. The number of sulfonamides is 1. The molecule has 3 heterocycles. The van der Waals surface area contributed by atoms with E-state index in [1.54, 1.807) is 29.4 Å². The van der Waals surface area contributed by atoms with Crippen molar-refractivity contribution >= 4 is 27.7 Å². The summed E-state index contributed by atoms with van der Waals surface area (Å²) in [4.78, 5) is 10.7. The van der Waals surface area contributed by atoms with E-state index in [1.807, 2.05) is 0 Å². The Bertz CT molecular complexity index is 679. The number of aromatic amines is 1. The molecule has 0 amide bonds. The number of aromatic nitrogens is 3.